The number of anilines is 1. The molecule has 0 bridgehead atoms. The third-order valence-corrected chi connectivity index (χ3v) is 8.20. The number of unbranched alkanes of at least 4 members (excludes halogenated alkanes) is 1. The van der Waals surface area contributed by atoms with E-state index in [1.165, 1.54) is 17.0 Å². The van der Waals surface area contributed by atoms with Gasteiger partial charge in [-0.3, -0.25) is 13.9 Å². The summed E-state index contributed by atoms with van der Waals surface area (Å²) in [4.78, 5) is 28.3. The first-order valence-corrected chi connectivity index (χ1v) is 14.4. The molecule has 0 aromatic heterocycles. The average molecular weight is 556 g/mol. The van der Waals surface area contributed by atoms with Crippen molar-refractivity contribution in [2.45, 2.75) is 51.1 Å². The number of hydrogen-bond acceptors (Lipinski definition) is 4. The molecule has 0 aliphatic heterocycles. The number of nitrogens with zero attached hydrogens (tertiary/aromatic N) is 2. The summed E-state index contributed by atoms with van der Waals surface area (Å²) in [7, 11) is -4.07. The van der Waals surface area contributed by atoms with Crippen molar-refractivity contribution in [1.29, 1.82) is 0 Å². The SMILES string of the molecule is CCCCNC(=O)[C@H](C)N(Cc1ccc(Cl)cc1)C(=O)CN(c1cccc(C)c1)S(=O)(=O)c1ccccc1. The van der Waals surface area contributed by atoms with Crippen LogP contribution in [0.15, 0.2) is 83.8 Å². The monoisotopic (exact) mass is 555 g/mol. The predicted molar refractivity (Wildman–Crippen MR) is 152 cm³/mol. The lowest BCUT2D eigenvalue weighted by atomic mass is 10.1. The molecular formula is C29H34ClN3O4S. The van der Waals surface area contributed by atoms with Crippen molar-refractivity contribution in [1.82, 2.24) is 10.2 Å². The van der Waals surface area contributed by atoms with Gasteiger partial charge in [0.25, 0.3) is 10.0 Å². The number of rotatable bonds is 12. The van der Waals surface area contributed by atoms with Crippen LogP contribution in [0, 0.1) is 6.92 Å². The van der Waals surface area contributed by atoms with Crippen LogP contribution in [0.1, 0.15) is 37.8 Å². The number of carbonyl (C=O) groups excluding carboxylic acids is 2. The van der Waals surface area contributed by atoms with Crippen molar-refractivity contribution in [2.75, 3.05) is 17.4 Å². The minimum absolute atomic E-state index is 0.0731. The van der Waals surface area contributed by atoms with Crippen LogP contribution < -0.4 is 9.62 Å². The van der Waals surface area contributed by atoms with Gasteiger partial charge in [0, 0.05) is 18.1 Å². The fraction of sp³-hybridized carbons (Fsp3) is 0.310. The molecule has 1 N–H and O–H groups in total. The van der Waals surface area contributed by atoms with Crippen LogP contribution in [-0.2, 0) is 26.2 Å². The second-order valence-corrected chi connectivity index (χ2v) is 11.4. The molecule has 9 heteroatoms. The maximum Gasteiger partial charge on any atom is 0.264 e. The Morgan fingerprint density at radius 3 is 2.29 bits per heavy atom. The van der Waals surface area contributed by atoms with Gasteiger partial charge in [-0.15, -0.1) is 0 Å². The highest BCUT2D eigenvalue weighted by Crippen LogP contribution is 2.25. The summed E-state index contributed by atoms with van der Waals surface area (Å²) in [6.45, 7) is 5.68. The lowest BCUT2D eigenvalue weighted by molar-refractivity contribution is -0.139. The average Bonchev–Trinajstić information content (AvgIpc) is 2.91. The normalized spacial score (nSPS) is 12.0. The summed E-state index contributed by atoms with van der Waals surface area (Å²) in [5, 5.41) is 3.43. The van der Waals surface area contributed by atoms with Gasteiger partial charge in [-0.1, -0.05) is 67.4 Å². The third kappa shape index (κ3) is 7.58. The Morgan fingerprint density at radius 2 is 1.66 bits per heavy atom. The van der Waals surface area contributed by atoms with Gasteiger partial charge in [-0.05, 0) is 67.8 Å². The maximum absolute atomic E-state index is 13.9. The molecule has 0 fully saturated rings. The molecule has 3 rings (SSSR count). The van der Waals surface area contributed by atoms with Crippen LogP contribution in [0.25, 0.3) is 0 Å². The second kappa shape index (κ2) is 13.4. The molecule has 0 heterocycles. The Hall–Kier alpha value is -3.36. The van der Waals surface area contributed by atoms with Gasteiger partial charge in [0.2, 0.25) is 11.8 Å². The van der Waals surface area contributed by atoms with Gasteiger partial charge in [-0.25, -0.2) is 8.42 Å². The lowest BCUT2D eigenvalue weighted by Gasteiger charge is -2.32. The highest BCUT2D eigenvalue weighted by atomic mass is 35.5. The van der Waals surface area contributed by atoms with Gasteiger partial charge in [-0.2, -0.15) is 0 Å². The molecule has 7 nitrogen and oxygen atoms in total. The Bertz CT molecular complexity index is 1330. The van der Waals surface area contributed by atoms with E-state index in [9.17, 15) is 18.0 Å². The smallest absolute Gasteiger partial charge is 0.264 e. The Balaban J connectivity index is 1.98. The maximum atomic E-state index is 13.9. The molecule has 0 aliphatic carbocycles. The van der Waals surface area contributed by atoms with Gasteiger partial charge >= 0.3 is 0 Å². The van der Waals surface area contributed by atoms with Crippen LogP contribution in [-0.4, -0.2) is 44.3 Å². The molecule has 0 unspecified atom stereocenters. The quantitative estimate of drug-likeness (QED) is 0.312. The number of halogens is 1. The van der Waals surface area contributed by atoms with E-state index in [2.05, 4.69) is 5.32 Å². The lowest BCUT2D eigenvalue weighted by Crippen LogP contribution is -2.51. The zero-order chi connectivity index (χ0) is 27.7. The molecule has 0 radical (unpaired) electrons. The summed E-state index contributed by atoms with van der Waals surface area (Å²) >= 11 is 6.03. The number of carbonyl (C=O) groups is 2. The number of hydrogen-bond donors (Lipinski definition) is 1. The zero-order valence-corrected chi connectivity index (χ0v) is 23.5. The fourth-order valence-corrected chi connectivity index (χ4v) is 5.49. The van der Waals surface area contributed by atoms with Crippen molar-refractivity contribution in [3.8, 4) is 0 Å². The van der Waals surface area contributed by atoms with E-state index >= 15 is 0 Å². The van der Waals surface area contributed by atoms with Gasteiger partial charge in [0.15, 0.2) is 0 Å². The molecule has 0 spiro atoms. The minimum Gasteiger partial charge on any atom is -0.354 e. The van der Waals surface area contributed by atoms with Gasteiger partial charge in [0.1, 0.15) is 12.6 Å². The number of benzene rings is 3. The van der Waals surface area contributed by atoms with Crippen molar-refractivity contribution < 1.29 is 18.0 Å². The van der Waals surface area contributed by atoms with E-state index in [-0.39, 0.29) is 17.3 Å². The van der Waals surface area contributed by atoms with Crippen LogP contribution in [0.5, 0.6) is 0 Å². The van der Waals surface area contributed by atoms with Gasteiger partial charge in [0.05, 0.1) is 10.6 Å². The number of nitrogens with one attached hydrogen (secondary N) is 1. The summed E-state index contributed by atoms with van der Waals surface area (Å²) in [6.07, 6.45) is 1.74. The summed E-state index contributed by atoms with van der Waals surface area (Å²) in [5.41, 5.74) is 1.99. The number of sulfonamides is 1. The molecule has 3 aromatic rings. The van der Waals surface area contributed by atoms with E-state index in [0.717, 1.165) is 28.3 Å². The number of amides is 2. The molecule has 0 aliphatic rings. The molecule has 1 atom stereocenters. The van der Waals surface area contributed by atoms with Crippen LogP contribution >= 0.6 is 11.6 Å². The first kappa shape index (κ1) is 29.2. The van der Waals surface area contributed by atoms with E-state index < -0.39 is 28.5 Å². The molecular weight excluding hydrogens is 522 g/mol. The third-order valence-electron chi connectivity index (χ3n) is 6.16. The summed E-state index contributed by atoms with van der Waals surface area (Å²) in [5.74, 6) is -0.798. The Morgan fingerprint density at radius 1 is 0.974 bits per heavy atom. The minimum atomic E-state index is -4.07. The highest BCUT2D eigenvalue weighted by molar-refractivity contribution is 7.92. The second-order valence-electron chi connectivity index (χ2n) is 9.13. The zero-order valence-electron chi connectivity index (χ0n) is 21.9. The van der Waals surface area contributed by atoms with E-state index in [0.29, 0.717) is 17.3 Å². The standard InChI is InChI=1S/C29H34ClN3O4S/c1-4-5-18-31-29(35)23(3)32(20-24-14-16-25(30)17-15-24)28(34)21-33(26-11-9-10-22(2)19-26)38(36,37)27-12-7-6-8-13-27/h6-17,19,23H,4-5,18,20-21H2,1-3H3,(H,31,35)/t23-/m0/s1. The molecule has 3 aromatic carbocycles. The van der Waals surface area contributed by atoms with Crippen LogP contribution in [0.3, 0.4) is 0 Å². The van der Waals surface area contributed by atoms with Gasteiger partial charge < -0.3 is 10.2 Å². The van der Waals surface area contributed by atoms with Crippen LogP contribution in [0.2, 0.25) is 5.02 Å². The summed E-state index contributed by atoms with van der Waals surface area (Å²) < 4.78 is 28.6. The highest BCUT2D eigenvalue weighted by Gasteiger charge is 2.32. The number of aryl methyl sites for hydroxylation is 1. The molecule has 0 saturated carbocycles. The first-order chi connectivity index (χ1) is 18.1. The fourth-order valence-electron chi connectivity index (χ4n) is 3.94. The van der Waals surface area contributed by atoms with Crippen molar-refractivity contribution >= 4 is 39.1 Å². The van der Waals surface area contributed by atoms with Crippen molar-refractivity contribution in [3.05, 3.63) is 95.0 Å². The van der Waals surface area contributed by atoms with Crippen LogP contribution in [0.4, 0.5) is 5.69 Å². The Labute approximate surface area is 230 Å². The van der Waals surface area contributed by atoms with Crippen molar-refractivity contribution in [3.63, 3.8) is 0 Å². The molecule has 0 saturated heterocycles. The van der Waals surface area contributed by atoms with E-state index in [1.54, 1.807) is 67.6 Å². The largest absolute Gasteiger partial charge is 0.354 e. The topological polar surface area (TPSA) is 86.8 Å². The molecule has 38 heavy (non-hydrogen) atoms. The first-order valence-electron chi connectivity index (χ1n) is 12.6. The summed E-state index contributed by atoms with van der Waals surface area (Å²) in [6, 6.07) is 21.1. The predicted octanol–water partition coefficient (Wildman–Crippen LogP) is 5.18. The van der Waals surface area contributed by atoms with E-state index in [1.807, 2.05) is 19.9 Å². The molecule has 202 valence electrons. The molecule has 2 amide bonds. The Kier molecular flexibility index (Phi) is 10.3. The van der Waals surface area contributed by atoms with Crippen molar-refractivity contribution in [2.24, 2.45) is 0 Å². The van der Waals surface area contributed by atoms with E-state index in [4.69, 9.17) is 11.6 Å².